The molecule has 10 rings (SSSR count). The van der Waals surface area contributed by atoms with Crippen LogP contribution in [-0.2, 0) is 12.4 Å². The van der Waals surface area contributed by atoms with Crippen LogP contribution < -0.4 is 0 Å². The Morgan fingerprint density at radius 3 is 1.58 bits per heavy atom. The molecule has 0 bridgehead atoms. The van der Waals surface area contributed by atoms with Gasteiger partial charge in [-0.2, -0.15) is 26.3 Å². The van der Waals surface area contributed by atoms with Gasteiger partial charge in [-0.15, -0.1) is 0 Å². The number of para-hydroxylation sites is 2. The van der Waals surface area contributed by atoms with Crippen molar-refractivity contribution in [1.82, 2.24) is 14.1 Å². The highest BCUT2D eigenvalue weighted by Gasteiger charge is 2.37. The predicted octanol–water partition coefficient (Wildman–Crippen LogP) is 15.5. The molecular weight excluding hydrogens is 795 g/mol. The maximum atomic E-state index is 14.0. The second-order valence-corrected chi connectivity index (χ2v) is 15.6. The van der Waals surface area contributed by atoms with Gasteiger partial charge >= 0.3 is 12.4 Å². The van der Waals surface area contributed by atoms with Crippen LogP contribution in [0, 0.1) is 20.4 Å². The number of alkyl halides is 6. The number of benzene rings is 7. The lowest BCUT2D eigenvalue weighted by atomic mass is 9.98. The lowest BCUT2D eigenvalue weighted by Crippen LogP contribution is -2.11. The maximum absolute atomic E-state index is 14.0. The predicted molar refractivity (Wildman–Crippen MR) is 235 cm³/mol. The molecule has 0 amide bonds. The van der Waals surface area contributed by atoms with Crippen molar-refractivity contribution in [2.24, 2.45) is 0 Å². The van der Waals surface area contributed by atoms with Crippen molar-refractivity contribution in [3.8, 4) is 44.9 Å². The number of nitrogens with zero attached hydrogens (tertiary/aromatic N) is 4. The van der Waals surface area contributed by atoms with Crippen LogP contribution in [-0.4, -0.2) is 14.1 Å². The fourth-order valence-corrected chi connectivity index (χ4v) is 8.78. The summed E-state index contributed by atoms with van der Waals surface area (Å²) in [7, 11) is 0. The van der Waals surface area contributed by atoms with E-state index in [1.54, 1.807) is 42.6 Å². The molecule has 4 nitrogen and oxygen atoms in total. The molecule has 0 unspecified atom stereocenters. The minimum atomic E-state index is -5.01. The fraction of sp³-hybridized carbons (Fsp3) is 0.0769. The van der Waals surface area contributed by atoms with E-state index in [9.17, 15) is 26.3 Å². The van der Waals surface area contributed by atoms with Gasteiger partial charge in [0.1, 0.15) is 5.82 Å². The van der Waals surface area contributed by atoms with Crippen molar-refractivity contribution in [2.75, 3.05) is 0 Å². The van der Waals surface area contributed by atoms with E-state index in [0.717, 1.165) is 72.5 Å². The summed E-state index contributed by atoms with van der Waals surface area (Å²) in [6.07, 6.45) is -8.27. The van der Waals surface area contributed by atoms with Crippen LogP contribution in [0.4, 0.5) is 32.0 Å². The summed E-state index contributed by atoms with van der Waals surface area (Å²) in [5, 5.41) is 3.63. The van der Waals surface area contributed by atoms with E-state index in [4.69, 9.17) is 11.6 Å². The SMILES string of the molecule is [C-]#[N+]c1cccc(-c2cc(-n3c4ccccc4c4ccc(-c5cc(C)cc(C)c5)cc43)ncc2-n2c3ccccc3c3ccc(-c4cc(C(F)(F)F)cc(C(F)(F)F)c4)cc32)c1. The summed E-state index contributed by atoms with van der Waals surface area (Å²) >= 11 is 0. The Labute approximate surface area is 351 Å². The number of hydrogen-bond acceptors (Lipinski definition) is 1. The average Bonchev–Trinajstić information content (AvgIpc) is 3.77. The second-order valence-electron chi connectivity index (χ2n) is 15.6. The Balaban J connectivity index is 1.25. The topological polar surface area (TPSA) is 27.1 Å². The summed E-state index contributed by atoms with van der Waals surface area (Å²) < 4.78 is 88.2. The standard InChI is InChI=1S/C52H32F6N4/c1-30-19-31(2)21-35(20-30)32-15-18-43-41-12-5-7-14-46(41)62(48(43)26-32)50-28-44(34-9-8-10-39(24-34)59-3)49(29-60-50)61-45-13-6-4-11-40(45)42-17-16-33(25-47(42)61)36-22-37(51(53,54)55)27-38(23-36)52(56,57)58/h4-29H,1-2H3. The van der Waals surface area contributed by atoms with Crippen molar-refractivity contribution < 1.29 is 26.3 Å². The quantitative estimate of drug-likeness (QED) is 0.125. The molecule has 0 saturated heterocycles. The van der Waals surface area contributed by atoms with Crippen molar-refractivity contribution >= 4 is 49.3 Å². The van der Waals surface area contributed by atoms with Gasteiger partial charge in [-0.25, -0.2) is 9.83 Å². The number of halogens is 6. The van der Waals surface area contributed by atoms with Gasteiger partial charge in [0.15, 0.2) is 5.69 Å². The largest absolute Gasteiger partial charge is 0.416 e. The van der Waals surface area contributed by atoms with Crippen LogP contribution in [0.1, 0.15) is 22.3 Å². The number of hydrogen-bond donors (Lipinski definition) is 0. The molecule has 3 aromatic heterocycles. The fourth-order valence-electron chi connectivity index (χ4n) is 8.78. The highest BCUT2D eigenvalue weighted by Crippen LogP contribution is 2.43. The minimum absolute atomic E-state index is 0.136. The summed E-state index contributed by atoms with van der Waals surface area (Å²) in [5.74, 6) is 0.603. The first-order valence-electron chi connectivity index (χ1n) is 19.7. The van der Waals surface area contributed by atoms with Crippen LogP contribution in [0.15, 0.2) is 158 Å². The third-order valence-corrected chi connectivity index (χ3v) is 11.4. The Kier molecular flexibility index (Phi) is 8.85. The van der Waals surface area contributed by atoms with Gasteiger partial charge in [0.05, 0.1) is 51.7 Å². The van der Waals surface area contributed by atoms with E-state index in [0.29, 0.717) is 33.8 Å². The lowest BCUT2D eigenvalue weighted by Gasteiger charge is -2.17. The van der Waals surface area contributed by atoms with Gasteiger partial charge in [-0.05, 0) is 96.3 Å². The first kappa shape index (κ1) is 38.6. The highest BCUT2D eigenvalue weighted by atomic mass is 19.4. The van der Waals surface area contributed by atoms with Gasteiger partial charge in [0.25, 0.3) is 0 Å². The number of rotatable bonds is 5. The molecule has 0 aliphatic rings. The molecule has 0 aliphatic carbocycles. The number of fused-ring (bicyclic) bond motifs is 6. The molecule has 0 aliphatic heterocycles. The molecule has 10 heteroatoms. The maximum Gasteiger partial charge on any atom is 0.416 e. The third kappa shape index (κ3) is 6.54. The molecule has 62 heavy (non-hydrogen) atoms. The van der Waals surface area contributed by atoms with Gasteiger partial charge in [-0.3, -0.25) is 4.57 Å². The molecular formula is C52H32F6N4. The molecule has 0 N–H and O–H groups in total. The van der Waals surface area contributed by atoms with Crippen LogP contribution >= 0.6 is 0 Å². The van der Waals surface area contributed by atoms with Crippen molar-refractivity contribution in [3.05, 3.63) is 192 Å². The highest BCUT2D eigenvalue weighted by molar-refractivity contribution is 6.12. The Bertz CT molecular complexity index is 3440. The molecule has 3 heterocycles. The van der Waals surface area contributed by atoms with E-state index in [2.05, 4.69) is 65.7 Å². The van der Waals surface area contributed by atoms with E-state index in [1.807, 2.05) is 59.2 Å². The monoisotopic (exact) mass is 826 g/mol. The zero-order chi connectivity index (χ0) is 43.1. The second kappa shape index (κ2) is 14.2. The molecule has 0 saturated carbocycles. The van der Waals surface area contributed by atoms with Gasteiger partial charge < -0.3 is 4.57 Å². The molecule has 0 fully saturated rings. The van der Waals surface area contributed by atoms with Gasteiger partial charge in [0, 0.05) is 27.1 Å². The van der Waals surface area contributed by atoms with Gasteiger partial charge in [-0.1, -0.05) is 108 Å². The normalized spacial score (nSPS) is 12.2. The smallest absolute Gasteiger partial charge is 0.307 e. The molecule has 10 aromatic rings. The summed E-state index contributed by atoms with van der Waals surface area (Å²) in [6, 6.07) is 44.3. The molecule has 7 aromatic carbocycles. The lowest BCUT2D eigenvalue weighted by molar-refractivity contribution is -0.143. The zero-order valence-electron chi connectivity index (χ0n) is 33.1. The summed E-state index contributed by atoms with van der Waals surface area (Å²) in [6.45, 7) is 12.0. The van der Waals surface area contributed by atoms with Crippen molar-refractivity contribution in [1.29, 1.82) is 0 Å². The Hall–Kier alpha value is -7.64. The molecule has 0 spiro atoms. The minimum Gasteiger partial charge on any atom is -0.307 e. The number of aromatic nitrogens is 3. The summed E-state index contributed by atoms with van der Waals surface area (Å²) in [5.41, 5.74) is 7.17. The first-order valence-corrected chi connectivity index (χ1v) is 19.7. The number of pyridine rings is 1. The zero-order valence-corrected chi connectivity index (χ0v) is 33.1. The van der Waals surface area contributed by atoms with Crippen molar-refractivity contribution in [3.63, 3.8) is 0 Å². The van der Waals surface area contributed by atoms with Crippen LogP contribution in [0.25, 0.3) is 93.3 Å². The summed E-state index contributed by atoms with van der Waals surface area (Å²) in [4.78, 5) is 8.85. The van der Waals surface area contributed by atoms with Crippen LogP contribution in [0.5, 0.6) is 0 Å². The number of aryl methyl sites for hydroxylation is 2. The Morgan fingerprint density at radius 2 is 1.00 bits per heavy atom. The van der Waals surface area contributed by atoms with Crippen LogP contribution in [0.3, 0.4) is 0 Å². The van der Waals surface area contributed by atoms with Crippen LogP contribution in [0.2, 0.25) is 0 Å². The molecule has 0 atom stereocenters. The average molecular weight is 827 g/mol. The molecule has 0 radical (unpaired) electrons. The van der Waals surface area contributed by atoms with Gasteiger partial charge in [0.2, 0.25) is 0 Å². The third-order valence-electron chi connectivity index (χ3n) is 11.4. The molecule has 302 valence electrons. The van der Waals surface area contributed by atoms with Crippen molar-refractivity contribution in [2.45, 2.75) is 26.2 Å². The first-order chi connectivity index (χ1) is 29.7. The van der Waals surface area contributed by atoms with E-state index < -0.39 is 23.5 Å². The Morgan fingerprint density at radius 1 is 0.468 bits per heavy atom. The van der Waals surface area contributed by atoms with E-state index in [1.165, 1.54) is 0 Å². The van der Waals surface area contributed by atoms with E-state index >= 15 is 0 Å². The van der Waals surface area contributed by atoms with E-state index in [-0.39, 0.29) is 17.2 Å².